The molecule has 0 bridgehead atoms. The van der Waals surface area contributed by atoms with E-state index >= 15 is 0 Å². The van der Waals surface area contributed by atoms with Crippen molar-refractivity contribution < 1.29 is 62.0 Å². The Bertz CT molecular complexity index is 9.61. The first-order valence-corrected chi connectivity index (χ1v) is 0. The molecule has 0 spiro atoms. The summed E-state index contributed by atoms with van der Waals surface area (Å²) in [5.41, 5.74) is 0. The Morgan fingerprint density at radius 1 is 1.00 bits per heavy atom. The molecule has 0 unspecified atom stereocenters. The largest absolute Gasteiger partial charge is 1.00 e. The van der Waals surface area contributed by atoms with Crippen LogP contribution in [0.3, 0.4) is 0 Å². The Hall–Kier alpha value is 2.55. The molecular weight excluding hydrogens is 218 g/mol. The van der Waals surface area contributed by atoms with Gasteiger partial charge in [0.2, 0.25) is 0 Å². The van der Waals surface area contributed by atoms with Crippen LogP contribution >= 0.6 is 24.8 Å². The summed E-state index contributed by atoms with van der Waals surface area (Å²) in [6.07, 6.45) is 0. The summed E-state index contributed by atoms with van der Waals surface area (Å²) in [7, 11) is 0. The Morgan fingerprint density at radius 3 is 1.00 bits per heavy atom. The van der Waals surface area contributed by atoms with E-state index in [1.165, 1.54) is 0 Å². The van der Waals surface area contributed by atoms with E-state index < -0.39 is 0 Å². The standard InChI is InChI=1S/Ce.2ClH.Li.H/h;2*1H;;/q;;;+1;-1. The Morgan fingerprint density at radius 2 is 1.00 bits per heavy atom. The summed E-state index contributed by atoms with van der Waals surface area (Å²) in [5, 5.41) is 0. The van der Waals surface area contributed by atoms with Crippen LogP contribution in [0.4, 0.5) is 0 Å². The van der Waals surface area contributed by atoms with Crippen LogP contribution in [0.25, 0.3) is 0 Å². The van der Waals surface area contributed by atoms with Crippen molar-refractivity contribution in [2.45, 2.75) is 0 Å². The van der Waals surface area contributed by atoms with Crippen molar-refractivity contribution in [1.82, 2.24) is 0 Å². The van der Waals surface area contributed by atoms with Crippen LogP contribution in [0.2, 0.25) is 0 Å². The second-order valence-electron chi connectivity index (χ2n) is 0. The van der Waals surface area contributed by atoms with Crippen molar-refractivity contribution in [3.63, 3.8) is 0 Å². The molecule has 0 rings (SSSR count). The van der Waals surface area contributed by atoms with Crippen molar-refractivity contribution in [1.29, 1.82) is 0 Å². The third-order valence-electron chi connectivity index (χ3n) is 0. The van der Waals surface area contributed by atoms with Gasteiger partial charge in [0.1, 0.15) is 0 Å². The molecule has 0 amide bonds. The maximum Gasteiger partial charge on any atom is 1.00 e. The Kier molecular flexibility index (Phi) is 137. The third-order valence-corrected chi connectivity index (χ3v) is 0. The zero-order valence-electron chi connectivity index (χ0n) is 3.32. The molecule has 0 fully saturated rings. The van der Waals surface area contributed by atoms with Crippen LogP contribution in [0.1, 0.15) is 1.43 Å². The van der Waals surface area contributed by atoms with Gasteiger partial charge in [-0.3, -0.25) is 0 Å². The third kappa shape index (κ3) is 8.82. The van der Waals surface area contributed by atoms with Gasteiger partial charge in [-0.2, -0.15) is 0 Å². The number of hydrogen-bond acceptors (Lipinski definition) is 0. The van der Waals surface area contributed by atoms with Crippen molar-refractivity contribution >= 4 is 24.8 Å². The van der Waals surface area contributed by atoms with Gasteiger partial charge in [-0.1, -0.05) is 0 Å². The number of halogens is 2. The number of rotatable bonds is 0. The molecule has 0 aromatic heterocycles. The molecule has 0 aliphatic heterocycles. The molecule has 0 heterocycles. The minimum Gasteiger partial charge on any atom is -1.00 e. The van der Waals surface area contributed by atoms with E-state index in [1.54, 1.807) is 0 Å². The van der Waals surface area contributed by atoms with Gasteiger partial charge in [0, 0.05) is 41.7 Å². The molecular formula is H3CeCl2Li. The van der Waals surface area contributed by atoms with Gasteiger partial charge < -0.3 is 1.43 Å². The van der Waals surface area contributed by atoms with Gasteiger partial charge in [0.25, 0.3) is 0 Å². The zero-order valence-corrected chi connectivity index (χ0v) is 7.09. The Balaban J connectivity index is 0. The summed E-state index contributed by atoms with van der Waals surface area (Å²) >= 11 is 0. The normalized spacial score (nSPS) is 0. The Labute approximate surface area is 85.3 Å². The van der Waals surface area contributed by atoms with Gasteiger partial charge in [-0.05, 0) is 0 Å². The monoisotopic (exact) mass is 220 g/mol. The second-order valence-corrected chi connectivity index (χ2v) is 0. The van der Waals surface area contributed by atoms with E-state index in [4.69, 9.17) is 0 Å². The predicted octanol–water partition coefficient (Wildman–Crippen LogP) is -2.04. The SMILES string of the molecule is Cl.Cl.[Ce].[H-].[Li+]. The molecule has 0 aromatic rings. The number of hydrogen-bond donors (Lipinski definition) is 0. The topological polar surface area (TPSA) is 0 Å². The van der Waals surface area contributed by atoms with E-state index in [0.717, 1.165) is 0 Å². The molecule has 0 saturated carbocycles. The van der Waals surface area contributed by atoms with Crippen LogP contribution < -0.4 is 18.9 Å². The van der Waals surface area contributed by atoms with E-state index in [0.29, 0.717) is 0 Å². The van der Waals surface area contributed by atoms with Crippen LogP contribution in [0.5, 0.6) is 0 Å². The van der Waals surface area contributed by atoms with Gasteiger partial charge in [0.05, 0.1) is 0 Å². The maximum absolute atomic E-state index is 0. The fraction of sp³-hybridized carbons (Fsp3) is 0. The summed E-state index contributed by atoms with van der Waals surface area (Å²) in [5.74, 6) is 0. The molecule has 0 nitrogen and oxygen atoms in total. The fourth-order valence-corrected chi connectivity index (χ4v) is 0. The average molecular weight is 221 g/mol. The summed E-state index contributed by atoms with van der Waals surface area (Å²) in [6.45, 7) is 0. The van der Waals surface area contributed by atoms with Crippen LogP contribution in [-0.2, 0) is 0 Å². The molecule has 22 valence electrons. The molecule has 0 N–H and O–H groups in total. The fourth-order valence-electron chi connectivity index (χ4n) is 0. The zero-order chi connectivity index (χ0) is 0. The maximum atomic E-state index is 0. The first-order chi connectivity index (χ1) is 0. The molecule has 0 radical (unpaired) electrons. The molecule has 4 heavy (non-hydrogen) atoms. The van der Waals surface area contributed by atoms with Crippen LogP contribution in [-0.4, -0.2) is 0 Å². The first kappa shape index (κ1) is 31.0. The molecule has 0 aromatic carbocycles. The van der Waals surface area contributed by atoms with Crippen LogP contribution in [0, 0.1) is 41.7 Å². The van der Waals surface area contributed by atoms with E-state index in [2.05, 4.69) is 0 Å². The molecule has 0 saturated heterocycles. The first-order valence-electron chi connectivity index (χ1n) is 0. The van der Waals surface area contributed by atoms with E-state index in [-0.39, 0.29) is 86.8 Å². The van der Waals surface area contributed by atoms with E-state index in [9.17, 15) is 0 Å². The summed E-state index contributed by atoms with van der Waals surface area (Å²) in [6, 6.07) is 0. The van der Waals surface area contributed by atoms with Crippen LogP contribution in [0.15, 0.2) is 0 Å². The van der Waals surface area contributed by atoms with E-state index in [1.807, 2.05) is 0 Å². The summed E-state index contributed by atoms with van der Waals surface area (Å²) < 4.78 is 0. The average Bonchev–Trinajstić information content (AvgIpc) is 0. The summed E-state index contributed by atoms with van der Waals surface area (Å²) in [4.78, 5) is 0. The molecule has 0 aliphatic rings. The molecule has 4 heteroatoms. The van der Waals surface area contributed by atoms with Crippen molar-refractivity contribution in [2.24, 2.45) is 0 Å². The van der Waals surface area contributed by atoms with Gasteiger partial charge in [0.15, 0.2) is 0 Å². The molecule has 0 aliphatic carbocycles. The minimum atomic E-state index is 0. The van der Waals surface area contributed by atoms with Gasteiger partial charge >= 0.3 is 18.9 Å². The quantitative estimate of drug-likeness (QED) is 0.413. The minimum absolute atomic E-state index is 0. The van der Waals surface area contributed by atoms with Crippen molar-refractivity contribution in [3.8, 4) is 0 Å². The van der Waals surface area contributed by atoms with Crippen molar-refractivity contribution in [2.75, 3.05) is 0 Å². The second kappa shape index (κ2) is 17.7. The predicted molar refractivity (Wildman–Crippen MR) is 15.6 cm³/mol. The van der Waals surface area contributed by atoms with Gasteiger partial charge in [-0.15, -0.1) is 24.8 Å². The van der Waals surface area contributed by atoms with Crippen molar-refractivity contribution in [3.05, 3.63) is 0 Å². The smallest absolute Gasteiger partial charge is 1.00 e. The van der Waals surface area contributed by atoms with Gasteiger partial charge in [-0.25, -0.2) is 0 Å². The molecule has 0 atom stereocenters.